The zero-order chi connectivity index (χ0) is 16.9. The minimum absolute atomic E-state index is 0.0353. The second-order valence-corrected chi connectivity index (χ2v) is 7.17. The van der Waals surface area contributed by atoms with Crippen molar-refractivity contribution in [3.8, 4) is 0 Å². The van der Waals surface area contributed by atoms with Crippen LogP contribution in [0, 0.1) is 17.0 Å². The average molecular weight is 317 g/mol. The van der Waals surface area contributed by atoms with Crippen LogP contribution < -0.4 is 4.90 Å². The molecule has 124 valence electrons. The molecule has 0 atom stereocenters. The minimum Gasteiger partial charge on any atom is -0.369 e. The van der Waals surface area contributed by atoms with Crippen LogP contribution in [0.25, 0.3) is 0 Å². The van der Waals surface area contributed by atoms with Crippen LogP contribution in [0.2, 0.25) is 0 Å². The van der Waals surface area contributed by atoms with Gasteiger partial charge in [0.2, 0.25) is 0 Å². The molecule has 23 heavy (non-hydrogen) atoms. The number of nitrogens with zero attached hydrogens (tertiary/aromatic N) is 1. The fourth-order valence-corrected chi connectivity index (χ4v) is 2.71. The first-order valence-corrected chi connectivity index (χ1v) is 8.09. The largest absolute Gasteiger partial charge is 0.369 e. The molecular weight excluding hydrogens is 292 g/mol. The van der Waals surface area contributed by atoms with E-state index in [0.29, 0.717) is 5.69 Å². The van der Waals surface area contributed by atoms with Crippen molar-refractivity contribution in [2.45, 2.75) is 33.6 Å². The van der Waals surface area contributed by atoms with Gasteiger partial charge in [-0.25, -0.2) is 8.78 Å². The molecule has 0 amide bonds. The predicted octanol–water partition coefficient (Wildman–Crippen LogP) is 5.45. The fraction of sp³-hybridized carbons (Fsp3) is 0.400. The SMILES string of the molecule is CC(C)(C)CN(CCCc1ccccc1)c1ccc(F)cc1F. The molecule has 0 spiro atoms. The molecule has 2 rings (SSSR count). The smallest absolute Gasteiger partial charge is 0.149 e. The summed E-state index contributed by atoms with van der Waals surface area (Å²) in [5.41, 5.74) is 1.80. The van der Waals surface area contributed by atoms with E-state index in [2.05, 4.69) is 32.9 Å². The Kier molecular flexibility index (Phi) is 5.75. The normalized spacial score (nSPS) is 11.5. The number of halogens is 2. The van der Waals surface area contributed by atoms with E-state index in [9.17, 15) is 8.78 Å². The van der Waals surface area contributed by atoms with Crippen LogP contribution in [0.3, 0.4) is 0 Å². The molecule has 0 aliphatic rings. The summed E-state index contributed by atoms with van der Waals surface area (Å²) in [7, 11) is 0. The second-order valence-electron chi connectivity index (χ2n) is 7.17. The summed E-state index contributed by atoms with van der Waals surface area (Å²) >= 11 is 0. The summed E-state index contributed by atoms with van der Waals surface area (Å²) in [5.74, 6) is -1.03. The highest BCUT2D eigenvalue weighted by Crippen LogP contribution is 2.25. The zero-order valence-corrected chi connectivity index (χ0v) is 14.2. The monoisotopic (exact) mass is 317 g/mol. The Morgan fingerprint density at radius 3 is 2.26 bits per heavy atom. The van der Waals surface area contributed by atoms with Gasteiger partial charge in [-0.3, -0.25) is 0 Å². The molecule has 0 bridgehead atoms. The second kappa shape index (κ2) is 7.58. The predicted molar refractivity (Wildman–Crippen MR) is 92.8 cm³/mol. The maximum Gasteiger partial charge on any atom is 0.149 e. The third-order valence-electron chi connectivity index (χ3n) is 3.65. The van der Waals surface area contributed by atoms with Gasteiger partial charge < -0.3 is 4.90 Å². The van der Waals surface area contributed by atoms with Crippen LogP contribution in [0.4, 0.5) is 14.5 Å². The molecule has 0 heterocycles. The number of hydrogen-bond donors (Lipinski definition) is 0. The summed E-state index contributed by atoms with van der Waals surface area (Å²) < 4.78 is 27.3. The lowest BCUT2D eigenvalue weighted by Gasteiger charge is -2.32. The standard InChI is InChI=1S/C20H25F2N/c1-20(2,3)15-23(19-12-11-17(21)14-18(19)22)13-7-10-16-8-5-4-6-9-16/h4-6,8-9,11-12,14H,7,10,13,15H2,1-3H3. The van der Waals surface area contributed by atoms with Crippen molar-refractivity contribution in [2.24, 2.45) is 5.41 Å². The van der Waals surface area contributed by atoms with E-state index in [1.54, 1.807) is 6.07 Å². The molecule has 0 unspecified atom stereocenters. The van der Waals surface area contributed by atoms with Crippen molar-refractivity contribution in [3.05, 3.63) is 65.7 Å². The summed E-state index contributed by atoms with van der Waals surface area (Å²) in [6, 6.07) is 14.1. The quantitative estimate of drug-likeness (QED) is 0.685. The van der Waals surface area contributed by atoms with E-state index in [-0.39, 0.29) is 5.41 Å². The average Bonchev–Trinajstić information content (AvgIpc) is 2.46. The number of rotatable bonds is 6. The Morgan fingerprint density at radius 2 is 1.65 bits per heavy atom. The number of aryl methyl sites for hydroxylation is 1. The summed E-state index contributed by atoms with van der Waals surface area (Å²) in [6.45, 7) is 7.84. The van der Waals surface area contributed by atoms with Crippen molar-refractivity contribution in [2.75, 3.05) is 18.0 Å². The van der Waals surface area contributed by atoms with E-state index >= 15 is 0 Å². The molecule has 2 aromatic rings. The van der Waals surface area contributed by atoms with Crippen LogP contribution in [-0.2, 0) is 6.42 Å². The van der Waals surface area contributed by atoms with Gasteiger partial charge in [0.25, 0.3) is 0 Å². The topological polar surface area (TPSA) is 3.24 Å². The van der Waals surface area contributed by atoms with Gasteiger partial charge >= 0.3 is 0 Å². The first-order chi connectivity index (χ1) is 10.8. The Bertz CT molecular complexity index is 617. The van der Waals surface area contributed by atoms with Gasteiger partial charge in [-0.2, -0.15) is 0 Å². The lowest BCUT2D eigenvalue weighted by atomic mass is 9.95. The molecule has 0 saturated carbocycles. The maximum absolute atomic E-state index is 14.1. The Balaban J connectivity index is 2.08. The van der Waals surface area contributed by atoms with Crippen molar-refractivity contribution in [3.63, 3.8) is 0 Å². The van der Waals surface area contributed by atoms with Crippen molar-refractivity contribution in [1.29, 1.82) is 0 Å². The van der Waals surface area contributed by atoms with E-state index in [1.807, 2.05) is 23.1 Å². The first-order valence-electron chi connectivity index (χ1n) is 8.09. The third-order valence-corrected chi connectivity index (χ3v) is 3.65. The van der Waals surface area contributed by atoms with Gasteiger partial charge in [0.15, 0.2) is 0 Å². The van der Waals surface area contributed by atoms with Crippen molar-refractivity contribution < 1.29 is 8.78 Å². The molecule has 3 heteroatoms. The van der Waals surface area contributed by atoms with Crippen molar-refractivity contribution >= 4 is 5.69 Å². The van der Waals surface area contributed by atoms with Crippen LogP contribution in [0.15, 0.2) is 48.5 Å². The molecule has 0 radical (unpaired) electrons. The van der Waals surface area contributed by atoms with Gasteiger partial charge in [0.05, 0.1) is 5.69 Å². The summed E-state index contributed by atoms with van der Waals surface area (Å²) in [5, 5.41) is 0. The van der Waals surface area contributed by atoms with Crippen LogP contribution in [0.5, 0.6) is 0 Å². The molecule has 0 fully saturated rings. The number of benzene rings is 2. The summed E-state index contributed by atoms with van der Waals surface area (Å²) in [6.07, 6.45) is 1.88. The zero-order valence-electron chi connectivity index (χ0n) is 14.2. The molecule has 0 aliphatic heterocycles. The maximum atomic E-state index is 14.1. The lowest BCUT2D eigenvalue weighted by molar-refractivity contribution is 0.406. The van der Waals surface area contributed by atoms with Crippen molar-refractivity contribution in [1.82, 2.24) is 0 Å². The van der Waals surface area contributed by atoms with Gasteiger partial charge in [-0.05, 0) is 36.0 Å². The van der Waals surface area contributed by atoms with E-state index in [4.69, 9.17) is 0 Å². The van der Waals surface area contributed by atoms with Crippen LogP contribution in [-0.4, -0.2) is 13.1 Å². The molecule has 0 saturated heterocycles. The number of anilines is 1. The van der Waals surface area contributed by atoms with E-state index in [1.165, 1.54) is 11.6 Å². The highest BCUT2D eigenvalue weighted by atomic mass is 19.1. The Hall–Kier alpha value is -1.90. The van der Waals surface area contributed by atoms with Gasteiger partial charge in [-0.1, -0.05) is 51.1 Å². The highest BCUT2D eigenvalue weighted by molar-refractivity contribution is 5.48. The van der Waals surface area contributed by atoms with Crippen LogP contribution in [0.1, 0.15) is 32.8 Å². The van der Waals surface area contributed by atoms with Crippen LogP contribution >= 0.6 is 0 Å². The van der Waals surface area contributed by atoms with E-state index in [0.717, 1.165) is 32.0 Å². The third kappa shape index (κ3) is 5.66. The lowest BCUT2D eigenvalue weighted by Crippen LogP contribution is -2.34. The molecule has 0 N–H and O–H groups in total. The molecule has 2 aromatic carbocycles. The van der Waals surface area contributed by atoms with Gasteiger partial charge in [-0.15, -0.1) is 0 Å². The first kappa shape index (κ1) is 17.5. The Morgan fingerprint density at radius 1 is 0.957 bits per heavy atom. The molecular formula is C20H25F2N. The molecule has 0 aromatic heterocycles. The molecule has 1 nitrogen and oxygen atoms in total. The van der Waals surface area contributed by atoms with Gasteiger partial charge in [0.1, 0.15) is 11.6 Å². The number of hydrogen-bond acceptors (Lipinski definition) is 1. The van der Waals surface area contributed by atoms with Gasteiger partial charge in [0, 0.05) is 19.2 Å². The molecule has 0 aliphatic carbocycles. The fourth-order valence-electron chi connectivity index (χ4n) is 2.71. The highest BCUT2D eigenvalue weighted by Gasteiger charge is 2.19. The summed E-state index contributed by atoms with van der Waals surface area (Å²) in [4.78, 5) is 2.03. The van der Waals surface area contributed by atoms with E-state index < -0.39 is 11.6 Å². The Labute approximate surface area is 137 Å². The minimum atomic E-state index is -0.536.